The molecule has 1 rings (SSSR count). The average Bonchev–Trinajstić information content (AvgIpc) is 2.21. The first kappa shape index (κ1) is 13.1. The van der Waals surface area contributed by atoms with Gasteiger partial charge in [0.1, 0.15) is 0 Å². The lowest BCUT2D eigenvalue weighted by Gasteiger charge is -2.11. The van der Waals surface area contributed by atoms with Crippen LogP contribution in [0.2, 0.25) is 0 Å². The smallest absolute Gasteiger partial charge is 0.400 e. The summed E-state index contributed by atoms with van der Waals surface area (Å²) >= 11 is 0. The van der Waals surface area contributed by atoms with E-state index in [1.807, 2.05) is 0 Å². The number of hydrogen-bond donors (Lipinski definition) is 2. The highest BCUT2D eigenvalue weighted by Crippen LogP contribution is 2.23. The number of nitrogens with zero attached hydrogens (tertiary/aromatic N) is 1. The number of ether oxygens (including phenoxy) is 1. The highest BCUT2D eigenvalue weighted by atomic mass is 19.4. The monoisotopic (exact) mass is 247 g/mol. The Hall–Kier alpha value is -2.01. The van der Waals surface area contributed by atoms with Crippen LogP contribution in [0.5, 0.6) is 5.75 Å². The van der Waals surface area contributed by atoms with Gasteiger partial charge < -0.3 is 15.5 Å². The van der Waals surface area contributed by atoms with Crippen molar-refractivity contribution in [2.75, 3.05) is 0 Å². The van der Waals surface area contributed by atoms with E-state index in [1.165, 1.54) is 6.07 Å². The van der Waals surface area contributed by atoms with Gasteiger partial charge in [-0.3, -0.25) is 4.79 Å². The van der Waals surface area contributed by atoms with Gasteiger partial charge in [0.2, 0.25) is 0 Å². The van der Waals surface area contributed by atoms with Crippen LogP contribution < -0.4 is 16.0 Å². The molecule has 0 amide bonds. The Bertz CT molecular complexity index is 502. The molecular weight excluding hydrogens is 239 g/mol. The maximum absolute atomic E-state index is 12.0. The first-order chi connectivity index (χ1) is 7.87. The first-order valence-corrected chi connectivity index (χ1v) is 4.45. The van der Waals surface area contributed by atoms with E-state index in [0.717, 1.165) is 0 Å². The molecule has 0 unspecified atom stereocenters. The summed E-state index contributed by atoms with van der Waals surface area (Å²) in [5, 5.41) is 8.47. The van der Waals surface area contributed by atoms with Crippen LogP contribution >= 0.6 is 0 Å². The number of nitriles is 1. The predicted molar refractivity (Wildman–Crippen MR) is 51.0 cm³/mol. The minimum Gasteiger partial charge on any atom is -0.400 e. The number of aromatic amines is 1. The number of halogens is 3. The van der Waals surface area contributed by atoms with E-state index in [1.54, 1.807) is 6.07 Å². The van der Waals surface area contributed by atoms with Gasteiger partial charge in [0.15, 0.2) is 5.75 Å². The number of nitrogens with two attached hydrogens (primary N) is 1. The molecule has 0 aromatic carbocycles. The fraction of sp³-hybridized carbons (Fsp3) is 0.333. The van der Waals surface area contributed by atoms with Crippen LogP contribution in [0.3, 0.4) is 0 Å². The maximum atomic E-state index is 12.0. The van der Waals surface area contributed by atoms with Crippen LogP contribution in [0, 0.1) is 11.3 Å². The van der Waals surface area contributed by atoms with Gasteiger partial charge in [-0.05, 0) is 6.07 Å². The lowest BCUT2D eigenvalue weighted by Crippen LogP contribution is -2.25. The molecule has 0 atom stereocenters. The molecule has 17 heavy (non-hydrogen) atoms. The van der Waals surface area contributed by atoms with Crippen molar-refractivity contribution in [1.82, 2.24) is 4.98 Å². The number of alkyl halides is 3. The molecule has 92 valence electrons. The van der Waals surface area contributed by atoms with Gasteiger partial charge in [0, 0.05) is 17.8 Å². The SMILES string of the molecule is N#CCc1cc(CN)[nH]c(=O)c1OC(F)(F)F. The zero-order valence-corrected chi connectivity index (χ0v) is 8.47. The van der Waals surface area contributed by atoms with Gasteiger partial charge in [-0.2, -0.15) is 5.26 Å². The Balaban J connectivity index is 3.27. The summed E-state index contributed by atoms with van der Waals surface area (Å²) in [4.78, 5) is 13.5. The van der Waals surface area contributed by atoms with Crippen LogP contribution in [0.15, 0.2) is 10.9 Å². The standard InChI is InChI=1S/C9H8F3N3O2/c10-9(11,12)17-7-5(1-2-13)3-6(4-14)15-8(7)16/h3H,1,4,14H2,(H,15,16). The van der Waals surface area contributed by atoms with Crippen molar-refractivity contribution in [2.24, 2.45) is 5.73 Å². The molecule has 3 N–H and O–H groups in total. The second-order valence-corrected chi connectivity index (χ2v) is 3.06. The van der Waals surface area contributed by atoms with E-state index in [9.17, 15) is 18.0 Å². The van der Waals surface area contributed by atoms with Crippen LogP contribution in [-0.2, 0) is 13.0 Å². The predicted octanol–water partition coefficient (Wildman–Crippen LogP) is 0.798. The quantitative estimate of drug-likeness (QED) is 0.826. The van der Waals surface area contributed by atoms with Crippen molar-refractivity contribution < 1.29 is 17.9 Å². The summed E-state index contributed by atoms with van der Waals surface area (Å²) in [7, 11) is 0. The minimum absolute atomic E-state index is 0.0556. The highest BCUT2D eigenvalue weighted by molar-refractivity contribution is 5.34. The Morgan fingerprint density at radius 1 is 1.53 bits per heavy atom. The molecule has 1 aromatic rings. The van der Waals surface area contributed by atoms with Gasteiger partial charge in [0.05, 0.1) is 12.5 Å². The fourth-order valence-electron chi connectivity index (χ4n) is 1.21. The average molecular weight is 247 g/mol. The molecule has 0 spiro atoms. The molecule has 0 saturated heterocycles. The van der Waals surface area contributed by atoms with Crippen molar-refractivity contribution >= 4 is 0 Å². The molecule has 0 aliphatic heterocycles. The fourth-order valence-corrected chi connectivity index (χ4v) is 1.21. The Kier molecular flexibility index (Phi) is 3.75. The van der Waals surface area contributed by atoms with E-state index in [4.69, 9.17) is 11.0 Å². The van der Waals surface area contributed by atoms with Crippen LogP contribution in [0.25, 0.3) is 0 Å². The molecule has 0 radical (unpaired) electrons. The molecule has 0 fully saturated rings. The first-order valence-electron chi connectivity index (χ1n) is 4.45. The van der Waals surface area contributed by atoms with E-state index >= 15 is 0 Å². The summed E-state index contributed by atoms with van der Waals surface area (Å²) < 4.78 is 39.7. The van der Waals surface area contributed by atoms with Crippen molar-refractivity contribution in [1.29, 1.82) is 5.26 Å². The second-order valence-electron chi connectivity index (χ2n) is 3.06. The second kappa shape index (κ2) is 4.88. The molecular formula is C9H8F3N3O2. The van der Waals surface area contributed by atoms with Crippen molar-refractivity contribution in [3.05, 3.63) is 27.7 Å². The molecule has 5 nitrogen and oxygen atoms in total. The number of aromatic nitrogens is 1. The van der Waals surface area contributed by atoms with Gasteiger partial charge in [-0.15, -0.1) is 13.2 Å². The number of H-pyrrole nitrogens is 1. The van der Waals surface area contributed by atoms with E-state index in [0.29, 0.717) is 0 Å². The Morgan fingerprint density at radius 2 is 2.18 bits per heavy atom. The zero-order chi connectivity index (χ0) is 13.1. The zero-order valence-electron chi connectivity index (χ0n) is 8.47. The summed E-state index contributed by atoms with van der Waals surface area (Å²) in [5.41, 5.74) is 4.27. The van der Waals surface area contributed by atoms with Gasteiger partial charge >= 0.3 is 6.36 Å². The number of rotatable bonds is 3. The topological polar surface area (TPSA) is 91.9 Å². The van der Waals surface area contributed by atoms with Crippen LogP contribution in [0.1, 0.15) is 11.3 Å². The molecule has 0 aliphatic carbocycles. The molecule has 0 saturated carbocycles. The molecule has 8 heteroatoms. The lowest BCUT2D eigenvalue weighted by molar-refractivity contribution is -0.275. The Labute approximate surface area is 93.6 Å². The summed E-state index contributed by atoms with van der Waals surface area (Å²) in [5.74, 6) is -0.920. The highest BCUT2D eigenvalue weighted by Gasteiger charge is 2.33. The molecule has 1 heterocycles. The van der Waals surface area contributed by atoms with Crippen molar-refractivity contribution in [3.63, 3.8) is 0 Å². The third-order valence-electron chi connectivity index (χ3n) is 1.83. The van der Waals surface area contributed by atoms with E-state index < -0.39 is 17.7 Å². The van der Waals surface area contributed by atoms with Gasteiger partial charge in [0.25, 0.3) is 5.56 Å². The van der Waals surface area contributed by atoms with Gasteiger partial charge in [-0.25, -0.2) is 0 Å². The number of pyridine rings is 1. The summed E-state index contributed by atoms with van der Waals surface area (Å²) in [6.45, 7) is -0.0556. The molecule has 0 aliphatic rings. The number of hydrogen-bond acceptors (Lipinski definition) is 4. The summed E-state index contributed by atoms with van der Waals surface area (Å²) in [6.07, 6.45) is -5.36. The largest absolute Gasteiger partial charge is 0.573 e. The van der Waals surface area contributed by atoms with Crippen LogP contribution in [0.4, 0.5) is 13.2 Å². The molecule has 1 aromatic heterocycles. The van der Waals surface area contributed by atoms with Crippen LogP contribution in [-0.4, -0.2) is 11.3 Å². The van der Waals surface area contributed by atoms with E-state index in [-0.39, 0.29) is 24.2 Å². The maximum Gasteiger partial charge on any atom is 0.573 e. The third-order valence-corrected chi connectivity index (χ3v) is 1.83. The van der Waals surface area contributed by atoms with Crippen molar-refractivity contribution in [2.45, 2.75) is 19.3 Å². The van der Waals surface area contributed by atoms with Crippen molar-refractivity contribution in [3.8, 4) is 11.8 Å². The normalized spacial score (nSPS) is 11.0. The number of nitrogens with one attached hydrogen (secondary N) is 1. The lowest BCUT2D eigenvalue weighted by atomic mass is 10.1. The van der Waals surface area contributed by atoms with E-state index in [2.05, 4.69) is 9.72 Å². The Morgan fingerprint density at radius 3 is 2.65 bits per heavy atom. The van der Waals surface area contributed by atoms with Gasteiger partial charge in [-0.1, -0.05) is 0 Å². The minimum atomic E-state index is -4.98. The summed E-state index contributed by atoms with van der Waals surface area (Å²) in [6, 6.07) is 2.85. The molecule has 0 bridgehead atoms. The third kappa shape index (κ3) is 3.49.